The van der Waals surface area contributed by atoms with Crippen molar-refractivity contribution in [2.75, 3.05) is 5.33 Å². The van der Waals surface area contributed by atoms with Crippen molar-refractivity contribution in [3.8, 4) is 11.1 Å². The molecule has 0 aliphatic carbocycles. The van der Waals surface area contributed by atoms with Gasteiger partial charge in [0, 0.05) is 5.56 Å². The van der Waals surface area contributed by atoms with Crippen molar-refractivity contribution >= 4 is 21.7 Å². The van der Waals surface area contributed by atoms with Crippen molar-refractivity contribution in [1.29, 1.82) is 0 Å². The minimum absolute atomic E-state index is 0.0706. The molecule has 0 fully saturated rings. The molecular formula is C15H10BrF3O. The van der Waals surface area contributed by atoms with Gasteiger partial charge in [-0.05, 0) is 29.3 Å². The first-order chi connectivity index (χ1) is 9.41. The molecule has 0 saturated heterocycles. The van der Waals surface area contributed by atoms with Crippen LogP contribution in [0.1, 0.15) is 15.9 Å². The highest BCUT2D eigenvalue weighted by molar-refractivity contribution is 9.09. The molecule has 0 N–H and O–H groups in total. The smallest absolute Gasteiger partial charge is 0.293 e. The van der Waals surface area contributed by atoms with Crippen LogP contribution >= 0.6 is 15.9 Å². The highest BCUT2D eigenvalue weighted by Gasteiger charge is 2.29. The van der Waals surface area contributed by atoms with Gasteiger partial charge in [0.25, 0.3) is 0 Å². The van der Waals surface area contributed by atoms with E-state index in [0.29, 0.717) is 16.7 Å². The molecule has 5 heteroatoms. The van der Waals surface area contributed by atoms with Crippen molar-refractivity contribution in [3.05, 3.63) is 59.7 Å². The monoisotopic (exact) mass is 342 g/mol. The van der Waals surface area contributed by atoms with Crippen molar-refractivity contribution in [3.63, 3.8) is 0 Å². The minimum Gasteiger partial charge on any atom is -0.293 e. The predicted octanol–water partition coefficient (Wildman–Crippen LogP) is 4.95. The molecule has 0 spiro atoms. The second-order valence-corrected chi connectivity index (χ2v) is 4.77. The second-order valence-electron chi connectivity index (χ2n) is 4.21. The first kappa shape index (κ1) is 14.8. The number of hydrogen-bond acceptors (Lipinski definition) is 1. The molecule has 0 atom stereocenters. The van der Waals surface area contributed by atoms with E-state index in [9.17, 15) is 18.0 Å². The van der Waals surface area contributed by atoms with Gasteiger partial charge in [-0.3, -0.25) is 4.79 Å². The maximum absolute atomic E-state index is 12.5. The van der Waals surface area contributed by atoms with Gasteiger partial charge in [-0.15, -0.1) is 0 Å². The third kappa shape index (κ3) is 3.28. The highest BCUT2D eigenvalue weighted by atomic mass is 79.9. The standard InChI is InChI=1S/C15H10BrF3O/c16-9-14(20)12-3-1-2-11(8-12)10-4-6-13(7-5-10)15(17,18)19/h1-8H,9H2. The summed E-state index contributed by atoms with van der Waals surface area (Å²) in [4.78, 5) is 11.6. The molecule has 0 amide bonds. The Morgan fingerprint density at radius 2 is 1.65 bits per heavy atom. The molecule has 2 aromatic rings. The average Bonchev–Trinajstić information content (AvgIpc) is 2.46. The largest absolute Gasteiger partial charge is 0.416 e. The summed E-state index contributed by atoms with van der Waals surface area (Å²) in [5.41, 5.74) is 1.20. The third-order valence-electron chi connectivity index (χ3n) is 2.85. The van der Waals surface area contributed by atoms with Crippen LogP contribution in [0, 0.1) is 0 Å². The molecule has 1 nitrogen and oxygen atoms in total. The van der Waals surface area contributed by atoms with Gasteiger partial charge < -0.3 is 0 Å². The number of alkyl halides is 4. The maximum Gasteiger partial charge on any atom is 0.416 e. The van der Waals surface area contributed by atoms with Crippen LogP contribution in [0.2, 0.25) is 0 Å². The zero-order valence-electron chi connectivity index (χ0n) is 10.2. The van der Waals surface area contributed by atoms with Crippen LogP contribution in [-0.2, 0) is 6.18 Å². The normalized spacial score (nSPS) is 11.4. The van der Waals surface area contributed by atoms with E-state index in [4.69, 9.17) is 0 Å². The van der Waals surface area contributed by atoms with Gasteiger partial charge in [-0.25, -0.2) is 0 Å². The van der Waals surface area contributed by atoms with Gasteiger partial charge in [-0.2, -0.15) is 13.2 Å². The number of halogens is 4. The lowest BCUT2D eigenvalue weighted by Gasteiger charge is -2.08. The molecule has 0 radical (unpaired) electrons. The molecule has 0 bridgehead atoms. The fraction of sp³-hybridized carbons (Fsp3) is 0.133. The maximum atomic E-state index is 12.5. The van der Waals surface area contributed by atoms with Gasteiger partial charge in [0.15, 0.2) is 5.78 Å². The summed E-state index contributed by atoms with van der Waals surface area (Å²) < 4.78 is 37.5. The Morgan fingerprint density at radius 1 is 1.00 bits per heavy atom. The Labute approximate surface area is 122 Å². The Bertz CT molecular complexity index is 618. The molecule has 104 valence electrons. The van der Waals surface area contributed by atoms with E-state index in [1.165, 1.54) is 12.1 Å². The molecule has 0 heterocycles. The molecular weight excluding hydrogens is 333 g/mol. The Balaban J connectivity index is 2.35. The average molecular weight is 343 g/mol. The number of ketones is 1. The van der Waals surface area contributed by atoms with E-state index in [-0.39, 0.29) is 11.1 Å². The van der Waals surface area contributed by atoms with E-state index in [1.54, 1.807) is 24.3 Å². The Hall–Kier alpha value is -1.62. The van der Waals surface area contributed by atoms with Gasteiger partial charge in [0.1, 0.15) is 0 Å². The summed E-state index contributed by atoms with van der Waals surface area (Å²) in [5, 5.41) is 0.212. The molecule has 20 heavy (non-hydrogen) atoms. The summed E-state index contributed by atoms with van der Waals surface area (Å²) >= 11 is 3.09. The summed E-state index contributed by atoms with van der Waals surface area (Å²) in [6, 6.07) is 11.7. The zero-order valence-corrected chi connectivity index (χ0v) is 11.8. The fourth-order valence-corrected chi connectivity index (χ4v) is 2.12. The first-order valence-corrected chi connectivity index (χ1v) is 6.91. The van der Waals surface area contributed by atoms with E-state index in [0.717, 1.165) is 12.1 Å². The number of carbonyl (C=O) groups excluding carboxylic acids is 1. The molecule has 0 aromatic heterocycles. The molecule has 0 unspecified atom stereocenters. The van der Waals surface area contributed by atoms with E-state index >= 15 is 0 Å². The molecule has 0 aliphatic rings. The van der Waals surface area contributed by atoms with Crippen molar-refractivity contribution in [1.82, 2.24) is 0 Å². The summed E-state index contributed by atoms with van der Waals surface area (Å²) in [7, 11) is 0. The topological polar surface area (TPSA) is 17.1 Å². The van der Waals surface area contributed by atoms with Crippen LogP contribution in [0.25, 0.3) is 11.1 Å². The number of benzene rings is 2. The van der Waals surface area contributed by atoms with Crippen LogP contribution in [-0.4, -0.2) is 11.1 Å². The van der Waals surface area contributed by atoms with Gasteiger partial charge in [0.05, 0.1) is 10.9 Å². The molecule has 0 aliphatic heterocycles. The van der Waals surface area contributed by atoms with Crippen LogP contribution in [0.15, 0.2) is 48.5 Å². The lowest BCUT2D eigenvalue weighted by Crippen LogP contribution is -2.04. The number of carbonyl (C=O) groups is 1. The number of Topliss-reactive ketones (excluding diaryl/α,β-unsaturated/α-hetero) is 1. The van der Waals surface area contributed by atoms with E-state index in [2.05, 4.69) is 15.9 Å². The first-order valence-electron chi connectivity index (χ1n) is 5.78. The van der Waals surface area contributed by atoms with Crippen LogP contribution in [0.5, 0.6) is 0 Å². The zero-order chi connectivity index (χ0) is 14.8. The Kier molecular flexibility index (Phi) is 4.28. The second kappa shape index (κ2) is 5.79. The number of rotatable bonds is 3. The van der Waals surface area contributed by atoms with Gasteiger partial charge in [0.2, 0.25) is 0 Å². The molecule has 2 aromatic carbocycles. The molecule has 0 saturated carbocycles. The minimum atomic E-state index is -4.34. The predicted molar refractivity (Wildman–Crippen MR) is 75.0 cm³/mol. The SMILES string of the molecule is O=C(CBr)c1cccc(-c2ccc(C(F)(F)F)cc2)c1. The summed E-state index contributed by atoms with van der Waals surface area (Å²) in [5.74, 6) is -0.0706. The van der Waals surface area contributed by atoms with Gasteiger partial charge >= 0.3 is 6.18 Å². The summed E-state index contributed by atoms with van der Waals surface area (Å²) in [6.07, 6.45) is -4.34. The fourth-order valence-electron chi connectivity index (χ4n) is 1.80. The van der Waals surface area contributed by atoms with E-state index in [1.807, 2.05) is 0 Å². The number of hydrogen-bond donors (Lipinski definition) is 0. The summed E-state index contributed by atoms with van der Waals surface area (Å²) in [6.45, 7) is 0. The highest BCUT2D eigenvalue weighted by Crippen LogP contribution is 2.31. The van der Waals surface area contributed by atoms with Gasteiger partial charge in [-0.1, -0.05) is 46.3 Å². The van der Waals surface area contributed by atoms with Crippen LogP contribution in [0.3, 0.4) is 0 Å². The van der Waals surface area contributed by atoms with Crippen molar-refractivity contribution in [2.24, 2.45) is 0 Å². The van der Waals surface area contributed by atoms with Crippen LogP contribution in [0.4, 0.5) is 13.2 Å². The van der Waals surface area contributed by atoms with Crippen molar-refractivity contribution < 1.29 is 18.0 Å². The molecule has 2 rings (SSSR count). The lowest BCUT2D eigenvalue weighted by molar-refractivity contribution is -0.137. The lowest BCUT2D eigenvalue weighted by atomic mass is 10.0. The van der Waals surface area contributed by atoms with Crippen molar-refractivity contribution in [2.45, 2.75) is 6.18 Å². The van der Waals surface area contributed by atoms with E-state index < -0.39 is 11.7 Å². The van der Waals surface area contributed by atoms with Crippen LogP contribution < -0.4 is 0 Å². The Morgan fingerprint density at radius 3 is 2.20 bits per heavy atom. The third-order valence-corrected chi connectivity index (χ3v) is 3.36. The quantitative estimate of drug-likeness (QED) is 0.569.